The minimum Gasteiger partial charge on any atom is -0.331 e. The van der Waals surface area contributed by atoms with Gasteiger partial charge in [-0.15, -0.1) is 0 Å². The van der Waals surface area contributed by atoms with E-state index in [0.717, 1.165) is 39.2 Å². The summed E-state index contributed by atoms with van der Waals surface area (Å²) in [7, 11) is 0. The topological polar surface area (TPSA) is 20.7 Å². The van der Waals surface area contributed by atoms with E-state index in [1.54, 1.807) is 0 Å². The molecule has 1 aromatic carbocycles. The monoisotopic (exact) mass is 280 g/mol. The normalized spacial score (nSPS) is 23.9. The van der Waals surface area contributed by atoms with Crippen LogP contribution in [0.2, 0.25) is 5.02 Å². The number of halogens is 1. The highest BCUT2D eigenvalue weighted by Crippen LogP contribution is 2.33. The molecule has 2 nitrogen and oxygen atoms in total. The van der Waals surface area contributed by atoms with Gasteiger partial charge in [0.05, 0.1) is 11.0 Å². The summed E-state index contributed by atoms with van der Waals surface area (Å²) in [6, 6.07) is 5.91. The first-order valence-electron chi connectivity index (χ1n) is 6.53. The maximum Gasteiger partial charge on any atom is 0.178 e. The van der Waals surface area contributed by atoms with Crippen LogP contribution in [0.25, 0.3) is 11.0 Å². The number of nitrogens with one attached hydrogen (secondary N) is 1. The molecule has 96 valence electrons. The third-order valence-electron chi connectivity index (χ3n) is 4.19. The standard InChI is InChI=1S/C14H17ClN2S/c1-9-3-2-4-10(9)8-17-13-7-11(15)5-6-12(13)16-14(17)18/h5-7,9-10H,2-4,8H2,1H3,(H,16,18). The first kappa shape index (κ1) is 12.2. The van der Waals surface area contributed by atoms with Crippen LogP contribution >= 0.6 is 23.8 Å². The molecule has 0 spiro atoms. The second-order valence-corrected chi connectivity index (χ2v) is 6.19. The summed E-state index contributed by atoms with van der Waals surface area (Å²) in [5.74, 6) is 1.55. The Labute approximate surface area is 117 Å². The summed E-state index contributed by atoms with van der Waals surface area (Å²) in [5, 5.41) is 0.768. The SMILES string of the molecule is CC1CCCC1Cn1c(=S)[nH]c2ccc(Cl)cc21. The lowest BCUT2D eigenvalue weighted by Crippen LogP contribution is -2.13. The number of aromatic amines is 1. The second kappa shape index (κ2) is 4.71. The van der Waals surface area contributed by atoms with Crippen molar-refractivity contribution in [2.75, 3.05) is 0 Å². The van der Waals surface area contributed by atoms with E-state index < -0.39 is 0 Å². The van der Waals surface area contributed by atoms with Gasteiger partial charge in [-0.2, -0.15) is 0 Å². The van der Waals surface area contributed by atoms with Crippen molar-refractivity contribution in [2.24, 2.45) is 11.8 Å². The van der Waals surface area contributed by atoms with Crippen molar-refractivity contribution in [3.63, 3.8) is 0 Å². The molecule has 2 unspecified atom stereocenters. The fourth-order valence-corrected chi connectivity index (χ4v) is 3.48. The number of H-pyrrole nitrogens is 1. The van der Waals surface area contributed by atoms with Crippen LogP contribution in [0.3, 0.4) is 0 Å². The maximum absolute atomic E-state index is 6.08. The summed E-state index contributed by atoms with van der Waals surface area (Å²) >= 11 is 11.5. The summed E-state index contributed by atoms with van der Waals surface area (Å²) in [6.07, 6.45) is 4.01. The summed E-state index contributed by atoms with van der Waals surface area (Å²) in [5.41, 5.74) is 2.21. The molecular weight excluding hydrogens is 264 g/mol. The van der Waals surface area contributed by atoms with E-state index in [-0.39, 0.29) is 0 Å². The van der Waals surface area contributed by atoms with Gasteiger partial charge < -0.3 is 9.55 Å². The molecule has 1 aliphatic rings. The lowest BCUT2D eigenvalue weighted by Gasteiger charge is -2.16. The highest BCUT2D eigenvalue weighted by Gasteiger charge is 2.24. The summed E-state index contributed by atoms with van der Waals surface area (Å²) in [6.45, 7) is 3.36. The molecule has 0 radical (unpaired) electrons. The molecule has 1 saturated carbocycles. The van der Waals surface area contributed by atoms with Crippen molar-refractivity contribution >= 4 is 34.9 Å². The van der Waals surface area contributed by atoms with Crippen molar-refractivity contribution in [3.05, 3.63) is 28.0 Å². The number of benzene rings is 1. The predicted molar refractivity (Wildman–Crippen MR) is 78.6 cm³/mol. The van der Waals surface area contributed by atoms with Crippen molar-refractivity contribution < 1.29 is 0 Å². The lowest BCUT2D eigenvalue weighted by atomic mass is 9.98. The Morgan fingerprint density at radius 2 is 2.28 bits per heavy atom. The molecule has 1 aromatic heterocycles. The largest absolute Gasteiger partial charge is 0.331 e. The third-order valence-corrected chi connectivity index (χ3v) is 4.75. The van der Waals surface area contributed by atoms with Crippen LogP contribution in [0.15, 0.2) is 18.2 Å². The highest BCUT2D eigenvalue weighted by molar-refractivity contribution is 7.71. The van der Waals surface area contributed by atoms with E-state index >= 15 is 0 Å². The van der Waals surface area contributed by atoms with Gasteiger partial charge in [-0.05, 0) is 48.7 Å². The van der Waals surface area contributed by atoms with Crippen LogP contribution in [0.5, 0.6) is 0 Å². The number of imidazole rings is 1. The first-order valence-corrected chi connectivity index (χ1v) is 7.32. The Bertz CT molecular complexity index is 628. The molecule has 0 amide bonds. The average Bonchev–Trinajstić information content (AvgIpc) is 2.86. The van der Waals surface area contributed by atoms with Crippen molar-refractivity contribution in [1.29, 1.82) is 0 Å². The zero-order valence-electron chi connectivity index (χ0n) is 10.4. The molecule has 1 aliphatic carbocycles. The number of aromatic nitrogens is 2. The molecule has 0 aliphatic heterocycles. The van der Waals surface area contributed by atoms with Crippen molar-refractivity contribution in [2.45, 2.75) is 32.7 Å². The quantitative estimate of drug-likeness (QED) is 0.785. The van der Waals surface area contributed by atoms with E-state index in [4.69, 9.17) is 23.8 Å². The highest BCUT2D eigenvalue weighted by atomic mass is 35.5. The summed E-state index contributed by atoms with van der Waals surface area (Å²) < 4.78 is 3.02. The number of nitrogens with zero attached hydrogens (tertiary/aromatic N) is 1. The van der Waals surface area contributed by atoms with Crippen molar-refractivity contribution in [1.82, 2.24) is 9.55 Å². The van der Waals surface area contributed by atoms with Gasteiger partial charge >= 0.3 is 0 Å². The maximum atomic E-state index is 6.08. The zero-order valence-corrected chi connectivity index (χ0v) is 12.0. The average molecular weight is 281 g/mol. The molecule has 0 saturated heterocycles. The molecule has 1 N–H and O–H groups in total. The molecule has 4 heteroatoms. The molecule has 0 bridgehead atoms. The Balaban J connectivity index is 2.02. The van der Waals surface area contributed by atoms with Gasteiger partial charge in [0.25, 0.3) is 0 Å². The lowest BCUT2D eigenvalue weighted by molar-refractivity contribution is 0.366. The second-order valence-electron chi connectivity index (χ2n) is 5.37. The fraction of sp³-hybridized carbons (Fsp3) is 0.500. The van der Waals surface area contributed by atoms with Gasteiger partial charge in [0, 0.05) is 11.6 Å². The van der Waals surface area contributed by atoms with Gasteiger partial charge in [0.1, 0.15) is 0 Å². The van der Waals surface area contributed by atoms with Crippen LogP contribution in [0.1, 0.15) is 26.2 Å². The number of hydrogen-bond acceptors (Lipinski definition) is 1. The van der Waals surface area contributed by atoms with Gasteiger partial charge in [-0.3, -0.25) is 0 Å². The van der Waals surface area contributed by atoms with Crippen LogP contribution in [0.4, 0.5) is 0 Å². The third kappa shape index (κ3) is 2.10. The molecular formula is C14H17ClN2S. The van der Waals surface area contributed by atoms with Gasteiger partial charge in [-0.1, -0.05) is 31.4 Å². The van der Waals surface area contributed by atoms with E-state index in [9.17, 15) is 0 Å². The predicted octanol–water partition coefficient (Wildman–Crippen LogP) is 4.79. The van der Waals surface area contributed by atoms with Crippen LogP contribution < -0.4 is 0 Å². The van der Waals surface area contributed by atoms with E-state index in [1.165, 1.54) is 19.3 Å². The van der Waals surface area contributed by atoms with Gasteiger partial charge in [-0.25, -0.2) is 0 Å². The zero-order chi connectivity index (χ0) is 12.7. The Hall–Kier alpha value is -0.800. The Kier molecular flexibility index (Phi) is 3.20. The van der Waals surface area contributed by atoms with Crippen molar-refractivity contribution in [3.8, 4) is 0 Å². The Morgan fingerprint density at radius 1 is 1.44 bits per heavy atom. The smallest absolute Gasteiger partial charge is 0.178 e. The van der Waals surface area contributed by atoms with Crippen LogP contribution in [-0.4, -0.2) is 9.55 Å². The number of hydrogen-bond donors (Lipinski definition) is 1. The first-order chi connectivity index (χ1) is 8.65. The summed E-state index contributed by atoms with van der Waals surface area (Å²) in [4.78, 5) is 3.26. The van der Waals surface area contributed by atoms with Crippen LogP contribution in [0, 0.1) is 16.6 Å². The molecule has 1 heterocycles. The molecule has 2 aromatic rings. The number of rotatable bonds is 2. The van der Waals surface area contributed by atoms with Gasteiger partial charge in [0.2, 0.25) is 0 Å². The molecule has 3 rings (SSSR count). The minimum absolute atomic E-state index is 0.745. The van der Waals surface area contributed by atoms with E-state index in [2.05, 4.69) is 16.5 Å². The van der Waals surface area contributed by atoms with Crippen LogP contribution in [-0.2, 0) is 6.54 Å². The van der Waals surface area contributed by atoms with Gasteiger partial charge in [0.15, 0.2) is 4.77 Å². The minimum atomic E-state index is 0.745. The molecule has 18 heavy (non-hydrogen) atoms. The van der Waals surface area contributed by atoms with E-state index in [0.29, 0.717) is 0 Å². The Morgan fingerprint density at radius 3 is 3.00 bits per heavy atom. The fourth-order valence-electron chi connectivity index (χ4n) is 3.04. The molecule has 2 atom stereocenters. The molecule has 1 fully saturated rings. The number of fused-ring (bicyclic) bond motifs is 1. The van der Waals surface area contributed by atoms with E-state index in [1.807, 2.05) is 18.2 Å².